The normalized spacial score (nSPS) is 13.0. The molecule has 0 unspecified atom stereocenters. The van der Waals surface area contributed by atoms with Gasteiger partial charge in [0.25, 0.3) is 0 Å². The van der Waals surface area contributed by atoms with Crippen molar-refractivity contribution >= 4 is 16.0 Å². The first-order valence-corrected chi connectivity index (χ1v) is 9.63. The van der Waals surface area contributed by atoms with E-state index in [1.165, 1.54) is 10.6 Å². The summed E-state index contributed by atoms with van der Waals surface area (Å²) in [6.07, 6.45) is 4.31. The largest absolute Gasteiger partial charge is 0.356 e. The summed E-state index contributed by atoms with van der Waals surface area (Å²) in [7, 11) is -1.34. The number of hydrogen-bond donors (Lipinski definition) is 2. The Morgan fingerprint density at radius 1 is 1.19 bits per heavy atom. The molecule has 0 radical (unpaired) electrons. The SMILES string of the molecule is CCC(CC)CNC(=NC)NCCCN(CC)S(C)(=O)=O. The van der Waals surface area contributed by atoms with E-state index in [2.05, 4.69) is 29.5 Å². The van der Waals surface area contributed by atoms with E-state index in [0.29, 0.717) is 25.6 Å². The quantitative estimate of drug-likeness (QED) is 0.361. The molecule has 0 saturated carbocycles. The van der Waals surface area contributed by atoms with Gasteiger partial charge in [-0.3, -0.25) is 4.99 Å². The highest BCUT2D eigenvalue weighted by Gasteiger charge is 2.13. The Hall–Kier alpha value is -0.820. The fourth-order valence-corrected chi connectivity index (χ4v) is 2.99. The minimum atomic E-state index is -3.09. The maximum Gasteiger partial charge on any atom is 0.211 e. The minimum Gasteiger partial charge on any atom is -0.356 e. The number of nitrogens with zero attached hydrogens (tertiary/aromatic N) is 2. The molecule has 126 valence electrons. The lowest BCUT2D eigenvalue weighted by molar-refractivity contribution is 0.423. The van der Waals surface area contributed by atoms with Gasteiger partial charge in [0.15, 0.2) is 5.96 Å². The van der Waals surface area contributed by atoms with Crippen LogP contribution in [0.1, 0.15) is 40.0 Å². The Kier molecular flexibility index (Phi) is 10.4. The minimum absolute atomic E-state index is 0.514. The number of sulfonamides is 1. The topological polar surface area (TPSA) is 73.8 Å². The lowest BCUT2D eigenvalue weighted by atomic mass is 10.0. The maximum absolute atomic E-state index is 11.5. The second kappa shape index (κ2) is 10.8. The highest BCUT2D eigenvalue weighted by Crippen LogP contribution is 2.04. The van der Waals surface area contributed by atoms with Gasteiger partial charge in [-0.2, -0.15) is 0 Å². The summed E-state index contributed by atoms with van der Waals surface area (Å²) in [6, 6.07) is 0. The standard InChI is InChI=1S/C14H32N4O2S/c1-6-13(7-2)12-17-14(15-4)16-10-9-11-18(8-3)21(5,19)20/h13H,6-12H2,1-5H3,(H2,15,16,17). The van der Waals surface area contributed by atoms with Gasteiger partial charge in [0, 0.05) is 33.2 Å². The predicted molar refractivity (Wildman–Crippen MR) is 90.1 cm³/mol. The van der Waals surface area contributed by atoms with Crippen molar-refractivity contribution in [1.82, 2.24) is 14.9 Å². The molecule has 0 amide bonds. The van der Waals surface area contributed by atoms with Crippen LogP contribution >= 0.6 is 0 Å². The molecule has 21 heavy (non-hydrogen) atoms. The Balaban J connectivity index is 4.03. The van der Waals surface area contributed by atoms with Gasteiger partial charge in [0.2, 0.25) is 10.0 Å². The number of guanidine groups is 1. The lowest BCUT2D eigenvalue weighted by Crippen LogP contribution is -2.41. The molecule has 0 aliphatic carbocycles. The number of hydrogen-bond acceptors (Lipinski definition) is 3. The summed E-state index contributed by atoms with van der Waals surface area (Å²) in [6.45, 7) is 8.90. The van der Waals surface area contributed by atoms with Crippen LogP contribution in [0.15, 0.2) is 4.99 Å². The van der Waals surface area contributed by atoms with Crippen LogP contribution in [-0.2, 0) is 10.0 Å². The van der Waals surface area contributed by atoms with E-state index in [0.717, 1.165) is 31.8 Å². The molecule has 0 heterocycles. The Morgan fingerprint density at radius 2 is 1.81 bits per heavy atom. The second-order valence-electron chi connectivity index (χ2n) is 5.17. The molecule has 0 fully saturated rings. The molecule has 6 nitrogen and oxygen atoms in total. The molecule has 0 aromatic rings. The first kappa shape index (κ1) is 20.2. The predicted octanol–water partition coefficient (Wildman–Crippen LogP) is 1.26. The van der Waals surface area contributed by atoms with Crippen LogP contribution in [0.25, 0.3) is 0 Å². The molecule has 7 heteroatoms. The average molecular weight is 321 g/mol. The van der Waals surface area contributed by atoms with Gasteiger partial charge < -0.3 is 10.6 Å². The van der Waals surface area contributed by atoms with Crippen molar-refractivity contribution in [3.05, 3.63) is 0 Å². The van der Waals surface area contributed by atoms with Crippen LogP contribution in [0.3, 0.4) is 0 Å². The van der Waals surface area contributed by atoms with Crippen molar-refractivity contribution in [3.63, 3.8) is 0 Å². The van der Waals surface area contributed by atoms with E-state index >= 15 is 0 Å². The second-order valence-corrected chi connectivity index (χ2v) is 7.15. The number of aliphatic imine (C=N–C) groups is 1. The monoisotopic (exact) mass is 320 g/mol. The fraction of sp³-hybridized carbons (Fsp3) is 0.929. The molecule has 0 rings (SSSR count). The zero-order valence-corrected chi connectivity index (χ0v) is 15.0. The molecule has 0 aliphatic rings. The van der Waals surface area contributed by atoms with Crippen LogP contribution in [0.5, 0.6) is 0 Å². The highest BCUT2D eigenvalue weighted by molar-refractivity contribution is 7.88. The third-order valence-electron chi connectivity index (χ3n) is 3.63. The van der Waals surface area contributed by atoms with E-state index in [4.69, 9.17) is 0 Å². The average Bonchev–Trinajstić information content (AvgIpc) is 2.44. The summed E-state index contributed by atoms with van der Waals surface area (Å²) in [5.41, 5.74) is 0. The van der Waals surface area contributed by atoms with Crippen molar-refractivity contribution in [2.45, 2.75) is 40.0 Å². The van der Waals surface area contributed by atoms with E-state index in [1.807, 2.05) is 6.92 Å². The van der Waals surface area contributed by atoms with Gasteiger partial charge in [-0.1, -0.05) is 33.6 Å². The lowest BCUT2D eigenvalue weighted by Gasteiger charge is -2.19. The molecule has 2 N–H and O–H groups in total. The fourth-order valence-electron chi connectivity index (χ4n) is 2.06. The van der Waals surface area contributed by atoms with E-state index in [-0.39, 0.29) is 0 Å². The number of rotatable bonds is 10. The molecular formula is C14H32N4O2S. The van der Waals surface area contributed by atoms with Crippen LogP contribution in [-0.4, -0.2) is 58.2 Å². The molecule has 0 aromatic carbocycles. The molecular weight excluding hydrogens is 288 g/mol. The van der Waals surface area contributed by atoms with Gasteiger partial charge in [0.1, 0.15) is 0 Å². The first-order chi connectivity index (χ1) is 9.88. The van der Waals surface area contributed by atoms with Gasteiger partial charge in [-0.05, 0) is 12.3 Å². The number of nitrogens with one attached hydrogen (secondary N) is 2. The van der Waals surface area contributed by atoms with Crippen molar-refractivity contribution < 1.29 is 8.42 Å². The van der Waals surface area contributed by atoms with Crippen molar-refractivity contribution in [3.8, 4) is 0 Å². The van der Waals surface area contributed by atoms with Crippen LogP contribution in [0.2, 0.25) is 0 Å². The Bertz CT molecular complexity index is 392. The molecule has 0 aromatic heterocycles. The third-order valence-corrected chi connectivity index (χ3v) is 5.01. The van der Waals surface area contributed by atoms with E-state index < -0.39 is 10.0 Å². The van der Waals surface area contributed by atoms with Crippen LogP contribution in [0, 0.1) is 5.92 Å². The zero-order valence-electron chi connectivity index (χ0n) is 14.1. The van der Waals surface area contributed by atoms with E-state index in [9.17, 15) is 8.42 Å². The maximum atomic E-state index is 11.5. The zero-order chi connectivity index (χ0) is 16.3. The Morgan fingerprint density at radius 3 is 2.24 bits per heavy atom. The molecule has 0 spiro atoms. The van der Waals surface area contributed by atoms with Gasteiger partial charge in [0.05, 0.1) is 6.26 Å². The summed E-state index contributed by atoms with van der Waals surface area (Å²) in [5.74, 6) is 1.44. The van der Waals surface area contributed by atoms with Crippen LogP contribution in [0.4, 0.5) is 0 Å². The van der Waals surface area contributed by atoms with Gasteiger partial charge >= 0.3 is 0 Å². The first-order valence-electron chi connectivity index (χ1n) is 7.78. The molecule has 0 aliphatic heterocycles. The van der Waals surface area contributed by atoms with Crippen molar-refractivity contribution in [2.75, 3.05) is 39.5 Å². The summed E-state index contributed by atoms with van der Waals surface area (Å²) in [5, 5.41) is 6.53. The summed E-state index contributed by atoms with van der Waals surface area (Å²) in [4.78, 5) is 4.18. The molecule has 0 bridgehead atoms. The Labute approximate surface area is 130 Å². The van der Waals surface area contributed by atoms with Gasteiger partial charge in [-0.25, -0.2) is 12.7 Å². The van der Waals surface area contributed by atoms with Crippen molar-refractivity contribution in [2.24, 2.45) is 10.9 Å². The highest BCUT2D eigenvalue weighted by atomic mass is 32.2. The van der Waals surface area contributed by atoms with E-state index in [1.54, 1.807) is 7.05 Å². The smallest absolute Gasteiger partial charge is 0.211 e. The third kappa shape index (κ3) is 8.93. The summed E-state index contributed by atoms with van der Waals surface area (Å²) >= 11 is 0. The van der Waals surface area contributed by atoms with Gasteiger partial charge in [-0.15, -0.1) is 0 Å². The van der Waals surface area contributed by atoms with Crippen LogP contribution < -0.4 is 10.6 Å². The molecule has 0 atom stereocenters. The molecule has 0 saturated heterocycles. The summed E-state index contributed by atoms with van der Waals surface area (Å²) < 4.78 is 24.4. The van der Waals surface area contributed by atoms with Crippen molar-refractivity contribution in [1.29, 1.82) is 0 Å².